The SMILES string of the molecule is CCCn1cc(-c2ccc(N)c(NCc3ccc4ncccc4c3)n2)cn1.N. The monoisotopic (exact) mass is 375 g/mol. The molecule has 0 fully saturated rings. The molecular formula is C21H25N7. The Kier molecular flexibility index (Phi) is 5.86. The zero-order valence-corrected chi connectivity index (χ0v) is 16.0. The van der Waals surface area contributed by atoms with Crippen molar-refractivity contribution < 1.29 is 0 Å². The van der Waals surface area contributed by atoms with E-state index in [-0.39, 0.29) is 6.15 Å². The maximum Gasteiger partial charge on any atom is 0.150 e. The van der Waals surface area contributed by atoms with Crippen LogP contribution in [0.1, 0.15) is 18.9 Å². The van der Waals surface area contributed by atoms with Crippen molar-refractivity contribution in [3.63, 3.8) is 0 Å². The number of nitrogens with two attached hydrogens (primary N) is 1. The summed E-state index contributed by atoms with van der Waals surface area (Å²) in [6.45, 7) is 3.67. The van der Waals surface area contributed by atoms with Gasteiger partial charge < -0.3 is 17.2 Å². The van der Waals surface area contributed by atoms with Crippen molar-refractivity contribution in [3.05, 3.63) is 66.6 Å². The largest absolute Gasteiger partial charge is 0.396 e. The van der Waals surface area contributed by atoms with Gasteiger partial charge in [0, 0.05) is 36.4 Å². The summed E-state index contributed by atoms with van der Waals surface area (Å²) in [6, 6.07) is 14.0. The van der Waals surface area contributed by atoms with Crippen LogP contribution in [-0.2, 0) is 13.1 Å². The third-order valence-electron chi connectivity index (χ3n) is 4.44. The molecule has 4 rings (SSSR count). The molecule has 0 saturated heterocycles. The summed E-state index contributed by atoms with van der Waals surface area (Å²) in [5.74, 6) is 0.682. The number of pyridine rings is 2. The molecule has 4 aromatic rings. The van der Waals surface area contributed by atoms with E-state index in [1.54, 1.807) is 6.20 Å². The normalized spacial score (nSPS) is 10.6. The van der Waals surface area contributed by atoms with Crippen LogP contribution in [0.3, 0.4) is 0 Å². The summed E-state index contributed by atoms with van der Waals surface area (Å²) >= 11 is 0. The highest BCUT2D eigenvalue weighted by Gasteiger charge is 2.08. The standard InChI is InChI=1S/C21H22N6.H3N/c1-2-10-27-14-17(13-25-27)20-8-6-18(22)21(26-20)24-12-15-5-7-19-16(11-15)4-3-9-23-19;/h3-9,11,13-14H,2,10,12,22H2,1H3,(H,24,26);1H3. The Hall–Kier alpha value is -3.45. The number of aryl methyl sites for hydroxylation is 1. The van der Waals surface area contributed by atoms with Crippen LogP contribution >= 0.6 is 0 Å². The van der Waals surface area contributed by atoms with Gasteiger partial charge in [0.2, 0.25) is 0 Å². The first-order chi connectivity index (χ1) is 13.2. The fraction of sp³-hybridized carbons (Fsp3) is 0.190. The van der Waals surface area contributed by atoms with Crippen LogP contribution < -0.4 is 17.2 Å². The highest BCUT2D eigenvalue weighted by Crippen LogP contribution is 2.24. The Balaban J connectivity index is 0.00000225. The van der Waals surface area contributed by atoms with Gasteiger partial charge in [0.05, 0.1) is 23.1 Å². The van der Waals surface area contributed by atoms with Crippen LogP contribution in [0.5, 0.6) is 0 Å². The van der Waals surface area contributed by atoms with E-state index in [9.17, 15) is 0 Å². The lowest BCUT2D eigenvalue weighted by atomic mass is 10.1. The van der Waals surface area contributed by atoms with Crippen LogP contribution in [-0.4, -0.2) is 19.7 Å². The molecule has 0 aliphatic heterocycles. The number of hydrogen-bond acceptors (Lipinski definition) is 6. The molecule has 0 aliphatic carbocycles. The summed E-state index contributed by atoms with van der Waals surface area (Å²) in [6.07, 6.45) is 6.71. The summed E-state index contributed by atoms with van der Waals surface area (Å²) in [7, 11) is 0. The van der Waals surface area contributed by atoms with Gasteiger partial charge in [-0.05, 0) is 42.3 Å². The fourth-order valence-electron chi connectivity index (χ4n) is 3.04. The zero-order chi connectivity index (χ0) is 18.6. The van der Waals surface area contributed by atoms with Crippen molar-refractivity contribution in [2.45, 2.75) is 26.4 Å². The number of benzene rings is 1. The number of aromatic nitrogens is 4. The number of fused-ring (bicyclic) bond motifs is 1. The van der Waals surface area contributed by atoms with Crippen LogP contribution in [0.4, 0.5) is 11.5 Å². The predicted octanol–water partition coefficient (Wildman–Crippen LogP) is 4.26. The first kappa shape index (κ1) is 19.3. The highest BCUT2D eigenvalue weighted by molar-refractivity contribution is 5.79. The minimum absolute atomic E-state index is 0. The second-order valence-electron chi connectivity index (χ2n) is 6.51. The van der Waals surface area contributed by atoms with Gasteiger partial charge in [0.25, 0.3) is 0 Å². The zero-order valence-electron chi connectivity index (χ0n) is 16.0. The van der Waals surface area contributed by atoms with Crippen LogP contribution in [0.25, 0.3) is 22.2 Å². The third-order valence-corrected chi connectivity index (χ3v) is 4.44. The van der Waals surface area contributed by atoms with Gasteiger partial charge in [0.15, 0.2) is 0 Å². The Morgan fingerprint density at radius 1 is 1.14 bits per heavy atom. The maximum atomic E-state index is 6.12. The van der Waals surface area contributed by atoms with Crippen LogP contribution in [0.15, 0.2) is 61.1 Å². The van der Waals surface area contributed by atoms with E-state index < -0.39 is 0 Å². The Morgan fingerprint density at radius 3 is 2.89 bits per heavy atom. The molecule has 0 atom stereocenters. The molecule has 7 nitrogen and oxygen atoms in total. The smallest absolute Gasteiger partial charge is 0.150 e. The molecule has 0 amide bonds. The van der Waals surface area contributed by atoms with Crippen LogP contribution in [0, 0.1) is 0 Å². The quantitative estimate of drug-likeness (QED) is 0.463. The summed E-state index contributed by atoms with van der Waals surface area (Å²) in [4.78, 5) is 9.05. The molecule has 0 aliphatic rings. The van der Waals surface area contributed by atoms with Gasteiger partial charge in [-0.1, -0.05) is 19.1 Å². The number of nitrogens with one attached hydrogen (secondary N) is 1. The molecule has 0 unspecified atom stereocenters. The summed E-state index contributed by atoms with van der Waals surface area (Å²) in [5.41, 5.74) is 10.7. The molecule has 0 bridgehead atoms. The first-order valence-corrected chi connectivity index (χ1v) is 9.10. The van der Waals surface area contributed by atoms with Gasteiger partial charge in [-0.3, -0.25) is 9.67 Å². The van der Waals surface area contributed by atoms with Crippen molar-refractivity contribution >= 4 is 22.4 Å². The highest BCUT2D eigenvalue weighted by atomic mass is 15.3. The van der Waals surface area contributed by atoms with E-state index in [1.807, 2.05) is 41.3 Å². The van der Waals surface area contributed by atoms with Crippen molar-refractivity contribution in [1.29, 1.82) is 0 Å². The van der Waals surface area contributed by atoms with E-state index >= 15 is 0 Å². The summed E-state index contributed by atoms with van der Waals surface area (Å²) < 4.78 is 1.93. The Labute approximate surface area is 164 Å². The number of nitrogen functional groups attached to an aromatic ring is 1. The minimum Gasteiger partial charge on any atom is -0.396 e. The van der Waals surface area contributed by atoms with Gasteiger partial charge in [-0.25, -0.2) is 4.98 Å². The molecule has 0 radical (unpaired) electrons. The van der Waals surface area contributed by atoms with Gasteiger partial charge >= 0.3 is 0 Å². The number of rotatable bonds is 6. The lowest BCUT2D eigenvalue weighted by Gasteiger charge is -2.10. The minimum atomic E-state index is 0. The third kappa shape index (κ3) is 4.10. The van der Waals surface area contributed by atoms with Crippen molar-refractivity contribution in [2.75, 3.05) is 11.1 Å². The topological polar surface area (TPSA) is 117 Å². The fourth-order valence-corrected chi connectivity index (χ4v) is 3.04. The van der Waals surface area contributed by atoms with E-state index in [0.29, 0.717) is 18.1 Å². The number of nitrogens with zero attached hydrogens (tertiary/aromatic N) is 4. The van der Waals surface area contributed by atoms with E-state index in [2.05, 4.69) is 40.5 Å². The van der Waals surface area contributed by atoms with Crippen molar-refractivity contribution in [1.82, 2.24) is 25.9 Å². The molecule has 3 aromatic heterocycles. The van der Waals surface area contributed by atoms with Crippen molar-refractivity contribution in [2.24, 2.45) is 0 Å². The molecule has 7 heteroatoms. The maximum absolute atomic E-state index is 6.12. The van der Waals surface area contributed by atoms with E-state index in [1.165, 1.54) is 0 Å². The number of anilines is 2. The molecule has 1 aromatic carbocycles. The second kappa shape index (κ2) is 8.49. The second-order valence-corrected chi connectivity index (χ2v) is 6.51. The molecule has 6 N–H and O–H groups in total. The van der Waals surface area contributed by atoms with Crippen LogP contribution in [0.2, 0.25) is 0 Å². The molecular weight excluding hydrogens is 350 g/mol. The average Bonchev–Trinajstić information content (AvgIpc) is 3.16. The lowest BCUT2D eigenvalue weighted by molar-refractivity contribution is 0.603. The lowest BCUT2D eigenvalue weighted by Crippen LogP contribution is -2.05. The molecule has 0 spiro atoms. The Morgan fingerprint density at radius 2 is 2.04 bits per heavy atom. The van der Waals surface area contributed by atoms with E-state index in [4.69, 9.17) is 10.7 Å². The van der Waals surface area contributed by atoms with Gasteiger partial charge in [-0.15, -0.1) is 0 Å². The molecule has 144 valence electrons. The molecule has 0 saturated carbocycles. The van der Waals surface area contributed by atoms with E-state index in [0.717, 1.165) is 40.7 Å². The predicted molar refractivity (Wildman–Crippen MR) is 114 cm³/mol. The number of hydrogen-bond donors (Lipinski definition) is 3. The van der Waals surface area contributed by atoms with Gasteiger partial charge in [0.1, 0.15) is 5.82 Å². The Bertz CT molecular complexity index is 1070. The van der Waals surface area contributed by atoms with Gasteiger partial charge in [-0.2, -0.15) is 5.10 Å². The first-order valence-electron chi connectivity index (χ1n) is 9.10. The molecule has 3 heterocycles. The van der Waals surface area contributed by atoms with Crippen molar-refractivity contribution in [3.8, 4) is 11.3 Å². The summed E-state index contributed by atoms with van der Waals surface area (Å²) in [5, 5.41) is 8.85. The molecule has 28 heavy (non-hydrogen) atoms. The average molecular weight is 375 g/mol.